The van der Waals surface area contributed by atoms with Gasteiger partial charge in [0, 0.05) is 36.4 Å². The third kappa shape index (κ3) is 3.27. The SMILES string of the molecule is O=C(NCCc1c[nH]c2cc(F)ccc12)N1CCCC1c1ccccn1. The normalized spacial score (nSPS) is 17.0. The van der Waals surface area contributed by atoms with Crippen molar-refractivity contribution in [2.24, 2.45) is 0 Å². The maximum absolute atomic E-state index is 13.3. The second-order valence-corrected chi connectivity index (χ2v) is 6.59. The first-order chi connectivity index (χ1) is 12.7. The number of aromatic nitrogens is 2. The van der Waals surface area contributed by atoms with Crippen molar-refractivity contribution in [1.29, 1.82) is 0 Å². The second kappa shape index (κ2) is 7.15. The van der Waals surface area contributed by atoms with Crippen LogP contribution in [0.15, 0.2) is 48.8 Å². The predicted octanol–water partition coefficient (Wildman–Crippen LogP) is 3.79. The van der Waals surface area contributed by atoms with Gasteiger partial charge >= 0.3 is 6.03 Å². The van der Waals surface area contributed by atoms with E-state index in [1.807, 2.05) is 29.3 Å². The Kier molecular flexibility index (Phi) is 4.56. The lowest BCUT2D eigenvalue weighted by Crippen LogP contribution is -2.40. The van der Waals surface area contributed by atoms with E-state index in [9.17, 15) is 9.18 Å². The lowest BCUT2D eigenvalue weighted by atomic mass is 10.1. The van der Waals surface area contributed by atoms with Crippen molar-refractivity contribution in [2.75, 3.05) is 13.1 Å². The third-order valence-electron chi connectivity index (χ3n) is 4.94. The molecule has 2 N–H and O–H groups in total. The van der Waals surface area contributed by atoms with Gasteiger partial charge in [0.25, 0.3) is 0 Å². The average molecular weight is 352 g/mol. The van der Waals surface area contributed by atoms with Crippen molar-refractivity contribution < 1.29 is 9.18 Å². The first-order valence-electron chi connectivity index (χ1n) is 8.93. The summed E-state index contributed by atoms with van der Waals surface area (Å²) in [5.74, 6) is -0.256. The fourth-order valence-corrected chi connectivity index (χ4v) is 3.66. The molecule has 6 heteroatoms. The smallest absolute Gasteiger partial charge is 0.317 e. The third-order valence-corrected chi connectivity index (χ3v) is 4.94. The van der Waals surface area contributed by atoms with Crippen LogP contribution in [-0.4, -0.2) is 34.0 Å². The summed E-state index contributed by atoms with van der Waals surface area (Å²) in [4.78, 5) is 21.9. The lowest BCUT2D eigenvalue weighted by Gasteiger charge is -2.24. The number of amides is 2. The van der Waals surface area contributed by atoms with E-state index in [2.05, 4.69) is 15.3 Å². The second-order valence-electron chi connectivity index (χ2n) is 6.59. The van der Waals surface area contributed by atoms with Gasteiger partial charge in [-0.3, -0.25) is 4.98 Å². The first-order valence-corrected chi connectivity index (χ1v) is 8.93. The Bertz CT molecular complexity index is 909. The number of halogens is 1. The number of nitrogens with one attached hydrogen (secondary N) is 2. The fourth-order valence-electron chi connectivity index (χ4n) is 3.66. The number of hydrogen-bond acceptors (Lipinski definition) is 2. The zero-order valence-corrected chi connectivity index (χ0v) is 14.4. The molecule has 0 radical (unpaired) electrons. The van der Waals surface area contributed by atoms with Crippen LogP contribution >= 0.6 is 0 Å². The highest BCUT2D eigenvalue weighted by atomic mass is 19.1. The molecule has 1 saturated heterocycles. The summed E-state index contributed by atoms with van der Waals surface area (Å²) >= 11 is 0. The standard InChI is InChI=1S/C20H21FN4O/c21-15-6-7-16-14(13-24-18(16)12-15)8-10-23-20(26)25-11-3-5-19(25)17-4-1-2-9-22-17/h1-2,4,6-7,9,12-13,19,24H,3,5,8,10-11H2,(H,23,26). The topological polar surface area (TPSA) is 61.0 Å². The molecule has 2 amide bonds. The molecule has 1 aromatic carbocycles. The number of pyridine rings is 1. The molecule has 134 valence electrons. The van der Waals surface area contributed by atoms with Gasteiger partial charge in [-0.2, -0.15) is 0 Å². The van der Waals surface area contributed by atoms with Gasteiger partial charge in [0.2, 0.25) is 0 Å². The van der Waals surface area contributed by atoms with Crippen LogP contribution in [0, 0.1) is 5.82 Å². The Morgan fingerprint density at radius 1 is 1.35 bits per heavy atom. The Labute approximate surface area is 151 Å². The van der Waals surface area contributed by atoms with Gasteiger partial charge in [0.1, 0.15) is 5.82 Å². The van der Waals surface area contributed by atoms with Gasteiger partial charge < -0.3 is 15.2 Å². The van der Waals surface area contributed by atoms with Crippen molar-refractivity contribution in [3.05, 3.63) is 65.9 Å². The maximum Gasteiger partial charge on any atom is 0.317 e. The number of carbonyl (C=O) groups is 1. The minimum Gasteiger partial charge on any atom is -0.361 e. The number of carbonyl (C=O) groups excluding carboxylic acids is 1. The number of urea groups is 1. The number of hydrogen-bond donors (Lipinski definition) is 2. The van der Waals surface area contributed by atoms with Crippen LogP contribution in [0.2, 0.25) is 0 Å². The molecule has 4 rings (SSSR count). The molecular weight excluding hydrogens is 331 g/mol. The summed E-state index contributed by atoms with van der Waals surface area (Å²) in [6.07, 6.45) is 6.27. The largest absolute Gasteiger partial charge is 0.361 e. The molecule has 1 fully saturated rings. The van der Waals surface area contributed by atoms with Crippen LogP contribution in [0.5, 0.6) is 0 Å². The molecule has 1 aliphatic rings. The molecule has 2 aromatic heterocycles. The molecule has 0 bridgehead atoms. The quantitative estimate of drug-likeness (QED) is 0.750. The fraction of sp³-hybridized carbons (Fsp3) is 0.300. The van der Waals surface area contributed by atoms with E-state index < -0.39 is 0 Å². The van der Waals surface area contributed by atoms with Crippen LogP contribution in [0.1, 0.15) is 30.1 Å². The molecule has 3 aromatic rings. The molecule has 3 heterocycles. The highest BCUT2D eigenvalue weighted by molar-refractivity contribution is 5.83. The van der Waals surface area contributed by atoms with E-state index in [-0.39, 0.29) is 17.9 Å². The first kappa shape index (κ1) is 16.6. The van der Waals surface area contributed by atoms with Crippen molar-refractivity contribution >= 4 is 16.9 Å². The van der Waals surface area contributed by atoms with Gasteiger partial charge in [0.05, 0.1) is 11.7 Å². The summed E-state index contributed by atoms with van der Waals surface area (Å²) in [5, 5.41) is 4.00. The van der Waals surface area contributed by atoms with E-state index in [4.69, 9.17) is 0 Å². The predicted molar refractivity (Wildman–Crippen MR) is 98.3 cm³/mol. The van der Waals surface area contributed by atoms with E-state index in [1.165, 1.54) is 12.1 Å². The number of aromatic amines is 1. The zero-order valence-electron chi connectivity index (χ0n) is 14.4. The van der Waals surface area contributed by atoms with Crippen LogP contribution < -0.4 is 5.32 Å². The molecule has 1 unspecified atom stereocenters. The van der Waals surface area contributed by atoms with Gasteiger partial charge in [-0.15, -0.1) is 0 Å². The van der Waals surface area contributed by atoms with Crippen molar-refractivity contribution in [1.82, 2.24) is 20.2 Å². The van der Waals surface area contributed by atoms with E-state index in [0.29, 0.717) is 13.0 Å². The van der Waals surface area contributed by atoms with Gasteiger partial charge in [-0.05, 0) is 55.2 Å². The summed E-state index contributed by atoms with van der Waals surface area (Å²) in [5.41, 5.74) is 2.79. The summed E-state index contributed by atoms with van der Waals surface area (Å²) in [6, 6.07) is 10.5. The van der Waals surface area contributed by atoms with Crippen molar-refractivity contribution in [2.45, 2.75) is 25.3 Å². The monoisotopic (exact) mass is 352 g/mol. The minimum absolute atomic E-state index is 0.0484. The van der Waals surface area contributed by atoms with Gasteiger partial charge in [-0.1, -0.05) is 6.07 Å². The summed E-state index contributed by atoms with van der Waals surface area (Å²) < 4.78 is 13.3. The number of benzene rings is 1. The molecule has 26 heavy (non-hydrogen) atoms. The Morgan fingerprint density at radius 2 is 2.27 bits per heavy atom. The zero-order chi connectivity index (χ0) is 17.9. The number of fused-ring (bicyclic) bond motifs is 1. The molecule has 0 spiro atoms. The van der Waals surface area contributed by atoms with Crippen LogP contribution in [0.3, 0.4) is 0 Å². The molecule has 1 atom stereocenters. The summed E-state index contributed by atoms with van der Waals surface area (Å²) in [7, 11) is 0. The van der Waals surface area contributed by atoms with Gasteiger partial charge in [-0.25, -0.2) is 9.18 Å². The van der Waals surface area contributed by atoms with Crippen LogP contribution in [0.4, 0.5) is 9.18 Å². The Morgan fingerprint density at radius 3 is 3.12 bits per heavy atom. The van der Waals surface area contributed by atoms with E-state index in [1.54, 1.807) is 12.3 Å². The lowest BCUT2D eigenvalue weighted by molar-refractivity contribution is 0.192. The average Bonchev–Trinajstić information content (AvgIpc) is 3.29. The van der Waals surface area contributed by atoms with E-state index in [0.717, 1.165) is 41.5 Å². The van der Waals surface area contributed by atoms with Crippen molar-refractivity contribution in [3.63, 3.8) is 0 Å². The summed E-state index contributed by atoms with van der Waals surface area (Å²) in [6.45, 7) is 1.29. The van der Waals surface area contributed by atoms with Crippen molar-refractivity contribution in [3.8, 4) is 0 Å². The molecule has 0 saturated carbocycles. The molecular formula is C20H21FN4O. The van der Waals surface area contributed by atoms with Crippen LogP contribution in [0.25, 0.3) is 10.9 Å². The van der Waals surface area contributed by atoms with Crippen LogP contribution in [-0.2, 0) is 6.42 Å². The highest BCUT2D eigenvalue weighted by Gasteiger charge is 2.30. The minimum atomic E-state index is -0.256. The number of H-pyrrole nitrogens is 1. The number of nitrogens with zero attached hydrogens (tertiary/aromatic N) is 2. The number of likely N-dealkylation sites (tertiary alicyclic amines) is 1. The molecule has 1 aliphatic heterocycles. The van der Waals surface area contributed by atoms with E-state index >= 15 is 0 Å². The molecule has 5 nitrogen and oxygen atoms in total. The Balaban J connectivity index is 1.37. The number of rotatable bonds is 4. The van der Waals surface area contributed by atoms with Gasteiger partial charge in [0.15, 0.2) is 0 Å². The highest BCUT2D eigenvalue weighted by Crippen LogP contribution is 2.30. The molecule has 0 aliphatic carbocycles. The Hall–Kier alpha value is -2.89. The maximum atomic E-state index is 13.3.